The van der Waals surface area contributed by atoms with Crippen LogP contribution in [0.4, 0.5) is 0 Å². The standard InChI is InChI=1S/C16H18Cl2N2O2/c1-2-3-8-19-15(21)6-7-16-20-10-14(22-16)12-5-4-11(17)9-13(12)18/h4-5,9-10H,2-3,6-8H2,1H3,(H,19,21). The minimum atomic E-state index is 0.0118. The molecule has 0 saturated heterocycles. The van der Waals surface area contributed by atoms with Crippen LogP contribution in [0.1, 0.15) is 32.1 Å². The first-order valence-electron chi connectivity index (χ1n) is 7.27. The molecule has 2 aromatic rings. The Kier molecular flexibility index (Phi) is 6.28. The number of carbonyl (C=O) groups excluding carboxylic acids is 1. The van der Waals surface area contributed by atoms with Crippen molar-refractivity contribution in [2.75, 3.05) is 6.54 Å². The Balaban J connectivity index is 1.93. The van der Waals surface area contributed by atoms with E-state index in [1.807, 2.05) is 0 Å². The Morgan fingerprint density at radius 2 is 2.18 bits per heavy atom. The second kappa shape index (κ2) is 8.20. The van der Waals surface area contributed by atoms with E-state index in [0.29, 0.717) is 41.1 Å². The van der Waals surface area contributed by atoms with Gasteiger partial charge in [0.2, 0.25) is 5.91 Å². The lowest BCUT2D eigenvalue weighted by atomic mass is 10.2. The predicted molar refractivity (Wildman–Crippen MR) is 88.2 cm³/mol. The van der Waals surface area contributed by atoms with Crippen LogP contribution >= 0.6 is 23.2 Å². The van der Waals surface area contributed by atoms with Crippen molar-refractivity contribution in [3.63, 3.8) is 0 Å². The van der Waals surface area contributed by atoms with Gasteiger partial charge in [-0.05, 0) is 24.6 Å². The average molecular weight is 341 g/mol. The summed E-state index contributed by atoms with van der Waals surface area (Å²) in [5.41, 5.74) is 0.734. The molecule has 1 amide bonds. The minimum Gasteiger partial charge on any atom is -0.441 e. The maximum Gasteiger partial charge on any atom is 0.220 e. The van der Waals surface area contributed by atoms with Gasteiger partial charge in [-0.1, -0.05) is 36.5 Å². The molecule has 0 aliphatic rings. The van der Waals surface area contributed by atoms with E-state index in [-0.39, 0.29) is 5.91 Å². The molecule has 0 radical (unpaired) electrons. The molecular weight excluding hydrogens is 323 g/mol. The van der Waals surface area contributed by atoms with Gasteiger partial charge in [0.15, 0.2) is 11.7 Å². The zero-order valence-corrected chi connectivity index (χ0v) is 13.9. The number of unbranched alkanes of at least 4 members (excludes halogenated alkanes) is 1. The Morgan fingerprint density at radius 3 is 2.91 bits per heavy atom. The third-order valence-corrected chi connectivity index (χ3v) is 3.72. The van der Waals surface area contributed by atoms with Gasteiger partial charge in [-0.25, -0.2) is 4.98 Å². The second-order valence-corrected chi connectivity index (χ2v) is 5.79. The predicted octanol–water partition coefficient (Wildman–Crippen LogP) is 4.50. The average Bonchev–Trinajstić information content (AvgIpc) is 2.94. The quantitative estimate of drug-likeness (QED) is 0.755. The van der Waals surface area contributed by atoms with Crippen LogP contribution in [0.2, 0.25) is 10.0 Å². The number of amides is 1. The monoisotopic (exact) mass is 340 g/mol. The molecule has 1 N–H and O–H groups in total. The fraction of sp³-hybridized carbons (Fsp3) is 0.375. The molecular formula is C16H18Cl2N2O2. The maximum atomic E-state index is 11.6. The number of hydrogen-bond donors (Lipinski definition) is 1. The van der Waals surface area contributed by atoms with Crippen LogP contribution in [0, 0.1) is 0 Å². The molecule has 1 aromatic heterocycles. The summed E-state index contributed by atoms with van der Waals surface area (Å²) in [7, 11) is 0. The lowest BCUT2D eigenvalue weighted by Gasteiger charge is -2.02. The largest absolute Gasteiger partial charge is 0.441 e. The lowest BCUT2D eigenvalue weighted by molar-refractivity contribution is -0.121. The zero-order chi connectivity index (χ0) is 15.9. The van der Waals surface area contributed by atoms with E-state index in [2.05, 4.69) is 17.2 Å². The van der Waals surface area contributed by atoms with Gasteiger partial charge in [-0.15, -0.1) is 0 Å². The summed E-state index contributed by atoms with van der Waals surface area (Å²) in [6.07, 6.45) is 4.48. The Bertz CT molecular complexity index is 641. The van der Waals surface area contributed by atoms with Crippen molar-refractivity contribution in [2.24, 2.45) is 0 Å². The van der Waals surface area contributed by atoms with E-state index in [1.54, 1.807) is 24.4 Å². The van der Waals surface area contributed by atoms with Crippen LogP contribution in [-0.2, 0) is 11.2 Å². The first-order chi connectivity index (χ1) is 10.6. The number of aromatic nitrogens is 1. The SMILES string of the molecule is CCCCNC(=O)CCc1ncc(-c2ccc(Cl)cc2Cl)o1. The molecule has 22 heavy (non-hydrogen) atoms. The smallest absolute Gasteiger partial charge is 0.220 e. The highest BCUT2D eigenvalue weighted by molar-refractivity contribution is 6.36. The van der Waals surface area contributed by atoms with Crippen molar-refractivity contribution in [2.45, 2.75) is 32.6 Å². The van der Waals surface area contributed by atoms with Crippen molar-refractivity contribution in [3.8, 4) is 11.3 Å². The highest BCUT2D eigenvalue weighted by Gasteiger charge is 2.11. The van der Waals surface area contributed by atoms with Crippen molar-refractivity contribution < 1.29 is 9.21 Å². The molecule has 0 unspecified atom stereocenters. The molecule has 4 nitrogen and oxygen atoms in total. The molecule has 6 heteroatoms. The van der Waals surface area contributed by atoms with Crippen LogP contribution in [-0.4, -0.2) is 17.4 Å². The summed E-state index contributed by atoms with van der Waals surface area (Å²) < 4.78 is 5.65. The molecule has 0 aliphatic carbocycles. The summed E-state index contributed by atoms with van der Waals surface area (Å²) in [5, 5.41) is 3.94. The number of benzene rings is 1. The summed E-state index contributed by atoms with van der Waals surface area (Å²) >= 11 is 12.0. The fourth-order valence-electron chi connectivity index (χ4n) is 1.95. The normalized spacial score (nSPS) is 10.7. The first-order valence-corrected chi connectivity index (χ1v) is 8.02. The summed E-state index contributed by atoms with van der Waals surface area (Å²) in [6.45, 7) is 2.80. The number of carbonyl (C=O) groups is 1. The van der Waals surface area contributed by atoms with Gasteiger partial charge >= 0.3 is 0 Å². The maximum absolute atomic E-state index is 11.6. The zero-order valence-electron chi connectivity index (χ0n) is 12.4. The topological polar surface area (TPSA) is 55.1 Å². The fourth-order valence-corrected chi connectivity index (χ4v) is 2.45. The summed E-state index contributed by atoms with van der Waals surface area (Å²) in [4.78, 5) is 15.8. The van der Waals surface area contributed by atoms with Crippen LogP contribution in [0.3, 0.4) is 0 Å². The van der Waals surface area contributed by atoms with Crippen LogP contribution in [0.15, 0.2) is 28.8 Å². The van der Waals surface area contributed by atoms with Gasteiger partial charge < -0.3 is 9.73 Å². The molecule has 1 heterocycles. The van der Waals surface area contributed by atoms with E-state index in [1.165, 1.54) is 0 Å². The number of oxazole rings is 1. The van der Waals surface area contributed by atoms with Crippen LogP contribution in [0.5, 0.6) is 0 Å². The second-order valence-electron chi connectivity index (χ2n) is 4.95. The molecule has 1 aromatic carbocycles. The molecule has 0 saturated carbocycles. The number of nitrogens with zero attached hydrogens (tertiary/aromatic N) is 1. The highest BCUT2D eigenvalue weighted by Crippen LogP contribution is 2.30. The lowest BCUT2D eigenvalue weighted by Crippen LogP contribution is -2.24. The molecule has 0 fully saturated rings. The summed E-state index contributed by atoms with van der Waals surface area (Å²) in [5.74, 6) is 1.10. The van der Waals surface area contributed by atoms with Gasteiger partial charge in [0.05, 0.1) is 11.2 Å². The van der Waals surface area contributed by atoms with E-state index < -0.39 is 0 Å². The van der Waals surface area contributed by atoms with Crippen molar-refractivity contribution >= 4 is 29.1 Å². The number of rotatable bonds is 7. The van der Waals surface area contributed by atoms with Crippen molar-refractivity contribution in [3.05, 3.63) is 40.3 Å². The van der Waals surface area contributed by atoms with Gasteiger partial charge in [0.25, 0.3) is 0 Å². The summed E-state index contributed by atoms with van der Waals surface area (Å²) in [6, 6.07) is 5.18. The van der Waals surface area contributed by atoms with Gasteiger partial charge in [-0.3, -0.25) is 4.79 Å². The number of halogens is 2. The Hall–Kier alpha value is -1.52. The van der Waals surface area contributed by atoms with Crippen LogP contribution in [0.25, 0.3) is 11.3 Å². The van der Waals surface area contributed by atoms with E-state index in [4.69, 9.17) is 27.6 Å². The number of nitrogens with one attached hydrogen (secondary N) is 1. The molecule has 0 atom stereocenters. The number of aryl methyl sites for hydroxylation is 1. The molecule has 118 valence electrons. The van der Waals surface area contributed by atoms with Crippen LogP contribution < -0.4 is 5.32 Å². The highest BCUT2D eigenvalue weighted by atomic mass is 35.5. The van der Waals surface area contributed by atoms with Gasteiger partial charge in [0, 0.05) is 30.0 Å². The molecule has 0 bridgehead atoms. The van der Waals surface area contributed by atoms with Crippen molar-refractivity contribution in [1.29, 1.82) is 0 Å². The van der Waals surface area contributed by atoms with E-state index in [0.717, 1.165) is 18.4 Å². The first kappa shape index (κ1) is 16.8. The number of hydrogen-bond acceptors (Lipinski definition) is 3. The Morgan fingerprint density at radius 1 is 1.36 bits per heavy atom. The van der Waals surface area contributed by atoms with E-state index in [9.17, 15) is 4.79 Å². The minimum absolute atomic E-state index is 0.0118. The molecule has 0 aliphatic heterocycles. The van der Waals surface area contributed by atoms with Gasteiger partial charge in [0.1, 0.15) is 0 Å². The molecule has 0 spiro atoms. The van der Waals surface area contributed by atoms with Gasteiger partial charge in [-0.2, -0.15) is 0 Å². The third kappa shape index (κ3) is 4.75. The Labute approximate surface area is 139 Å². The van der Waals surface area contributed by atoms with Crippen molar-refractivity contribution in [1.82, 2.24) is 10.3 Å². The third-order valence-electron chi connectivity index (χ3n) is 3.17. The van der Waals surface area contributed by atoms with E-state index >= 15 is 0 Å². The molecule has 2 rings (SSSR count).